The Kier molecular flexibility index (Phi) is 7.07. The second kappa shape index (κ2) is 8.61. The number of benzene rings is 1. The van der Waals surface area contributed by atoms with Gasteiger partial charge in [-0.15, -0.1) is 6.58 Å². The van der Waals surface area contributed by atoms with Crippen LogP contribution in [0.3, 0.4) is 0 Å². The molecule has 0 radical (unpaired) electrons. The maximum atomic E-state index is 11.7. The summed E-state index contributed by atoms with van der Waals surface area (Å²) in [4.78, 5) is 11.7. The third-order valence-electron chi connectivity index (χ3n) is 2.51. The van der Waals surface area contributed by atoms with E-state index in [1.165, 1.54) is 0 Å². The third kappa shape index (κ3) is 6.31. The fourth-order valence-corrected chi connectivity index (χ4v) is 2.10. The Morgan fingerprint density at radius 3 is 2.79 bits per heavy atom. The molecule has 1 aromatic carbocycles. The predicted octanol–water partition coefficient (Wildman–Crippen LogP) is 1.30. The number of nitrogens with one attached hydrogen (secondary N) is 1. The average Bonchev–Trinajstić information content (AvgIpc) is 2.41. The fraction of sp³-hybridized carbons (Fsp3) is 0.357. The van der Waals surface area contributed by atoms with Crippen LogP contribution in [0.4, 0.5) is 0 Å². The van der Waals surface area contributed by atoms with E-state index in [-0.39, 0.29) is 11.7 Å². The van der Waals surface area contributed by atoms with Crippen molar-refractivity contribution in [1.82, 2.24) is 5.32 Å². The van der Waals surface area contributed by atoms with Gasteiger partial charge in [0.15, 0.2) is 0 Å². The molecule has 1 aromatic rings. The summed E-state index contributed by atoms with van der Waals surface area (Å²) in [6.07, 6.45) is 2.30. The van der Waals surface area contributed by atoms with E-state index in [0.717, 1.165) is 17.1 Å². The molecular weight excluding hydrogens is 260 g/mol. The van der Waals surface area contributed by atoms with E-state index in [1.54, 1.807) is 36.0 Å². The van der Waals surface area contributed by atoms with Gasteiger partial charge in [0.05, 0.1) is 6.04 Å². The molecule has 1 amide bonds. The average molecular weight is 280 g/mol. The number of thioether (sulfide) groups is 1. The van der Waals surface area contributed by atoms with Crippen LogP contribution >= 0.6 is 11.8 Å². The molecule has 0 heterocycles. The maximum Gasteiger partial charge on any atom is 0.237 e. The molecule has 0 bridgehead atoms. The number of carbonyl (C=O) groups excluding carboxylic acids is 1. The lowest BCUT2D eigenvalue weighted by Gasteiger charge is -2.12. The van der Waals surface area contributed by atoms with Crippen molar-refractivity contribution in [1.29, 1.82) is 0 Å². The smallest absolute Gasteiger partial charge is 0.237 e. The molecule has 5 heteroatoms. The minimum Gasteiger partial charge on any atom is -0.508 e. The van der Waals surface area contributed by atoms with Crippen LogP contribution in [-0.2, 0) is 11.2 Å². The van der Waals surface area contributed by atoms with Crippen molar-refractivity contribution in [2.75, 3.05) is 18.1 Å². The first-order valence-corrected chi connectivity index (χ1v) is 7.29. The van der Waals surface area contributed by atoms with Gasteiger partial charge in [0.2, 0.25) is 5.91 Å². The van der Waals surface area contributed by atoms with Crippen molar-refractivity contribution in [3.05, 3.63) is 42.5 Å². The largest absolute Gasteiger partial charge is 0.508 e. The predicted molar refractivity (Wildman–Crippen MR) is 80.3 cm³/mol. The first kappa shape index (κ1) is 15.6. The van der Waals surface area contributed by atoms with Gasteiger partial charge in [-0.3, -0.25) is 4.79 Å². The minimum absolute atomic E-state index is 0.146. The molecule has 0 aromatic heterocycles. The fourth-order valence-electron chi connectivity index (χ4n) is 1.52. The van der Waals surface area contributed by atoms with Crippen molar-refractivity contribution < 1.29 is 9.90 Å². The Bertz CT molecular complexity index is 406. The summed E-state index contributed by atoms with van der Waals surface area (Å²) < 4.78 is 0. The standard InChI is InChI=1S/C14H20N2O2S/c1-2-8-19-9-7-16-14(18)13(15)10-11-3-5-12(17)6-4-11/h2-6,13,17H,1,7-10,15H2,(H,16,18). The molecule has 19 heavy (non-hydrogen) atoms. The van der Waals surface area contributed by atoms with Crippen LogP contribution in [0.1, 0.15) is 5.56 Å². The van der Waals surface area contributed by atoms with Gasteiger partial charge in [0.1, 0.15) is 5.75 Å². The second-order valence-corrected chi connectivity index (χ2v) is 5.28. The second-order valence-electron chi connectivity index (χ2n) is 4.13. The zero-order valence-electron chi connectivity index (χ0n) is 10.8. The van der Waals surface area contributed by atoms with Crippen molar-refractivity contribution in [2.24, 2.45) is 5.73 Å². The molecule has 0 saturated heterocycles. The van der Waals surface area contributed by atoms with Crippen LogP contribution in [0, 0.1) is 0 Å². The number of nitrogens with two attached hydrogens (primary N) is 1. The summed E-state index contributed by atoms with van der Waals surface area (Å²) in [5, 5.41) is 12.0. The number of aromatic hydroxyl groups is 1. The number of rotatable bonds is 8. The third-order valence-corrected chi connectivity index (χ3v) is 3.47. The number of carbonyl (C=O) groups is 1. The summed E-state index contributed by atoms with van der Waals surface area (Å²) >= 11 is 1.71. The normalized spacial score (nSPS) is 11.8. The van der Waals surface area contributed by atoms with E-state index in [4.69, 9.17) is 10.8 Å². The number of phenols is 1. The van der Waals surface area contributed by atoms with E-state index < -0.39 is 6.04 Å². The van der Waals surface area contributed by atoms with E-state index in [1.807, 2.05) is 6.08 Å². The van der Waals surface area contributed by atoms with Crippen molar-refractivity contribution >= 4 is 17.7 Å². The molecule has 0 aliphatic rings. The minimum atomic E-state index is -0.561. The number of hydrogen-bond acceptors (Lipinski definition) is 4. The van der Waals surface area contributed by atoms with Gasteiger partial charge in [-0.1, -0.05) is 18.2 Å². The molecule has 0 saturated carbocycles. The van der Waals surface area contributed by atoms with Gasteiger partial charge in [0.25, 0.3) is 0 Å². The van der Waals surface area contributed by atoms with Gasteiger partial charge in [-0.2, -0.15) is 11.8 Å². The van der Waals surface area contributed by atoms with E-state index in [0.29, 0.717) is 13.0 Å². The maximum absolute atomic E-state index is 11.7. The molecule has 4 N–H and O–H groups in total. The molecule has 1 rings (SSSR count). The van der Waals surface area contributed by atoms with Crippen LogP contribution in [0.15, 0.2) is 36.9 Å². The van der Waals surface area contributed by atoms with Gasteiger partial charge in [-0.05, 0) is 24.1 Å². The Balaban J connectivity index is 2.28. The summed E-state index contributed by atoms with van der Waals surface area (Å²) in [6, 6.07) is 6.15. The molecule has 104 valence electrons. The molecule has 0 spiro atoms. The molecule has 0 fully saturated rings. The van der Waals surface area contributed by atoms with Gasteiger partial charge in [0, 0.05) is 18.1 Å². The van der Waals surface area contributed by atoms with Crippen LogP contribution < -0.4 is 11.1 Å². The number of phenolic OH excluding ortho intramolecular Hbond substituents is 1. The van der Waals surface area contributed by atoms with Crippen molar-refractivity contribution in [3.8, 4) is 5.75 Å². The molecule has 0 aliphatic carbocycles. The highest BCUT2D eigenvalue weighted by molar-refractivity contribution is 7.99. The van der Waals surface area contributed by atoms with Crippen LogP contribution in [0.2, 0.25) is 0 Å². The molecule has 1 unspecified atom stereocenters. The summed E-state index contributed by atoms with van der Waals surface area (Å²) in [5.41, 5.74) is 6.76. The highest BCUT2D eigenvalue weighted by Crippen LogP contribution is 2.10. The number of amides is 1. The zero-order valence-corrected chi connectivity index (χ0v) is 11.7. The van der Waals surface area contributed by atoms with Crippen LogP contribution in [-0.4, -0.2) is 35.1 Å². The van der Waals surface area contributed by atoms with Crippen molar-refractivity contribution in [3.63, 3.8) is 0 Å². The van der Waals surface area contributed by atoms with Gasteiger partial charge < -0.3 is 16.2 Å². The zero-order chi connectivity index (χ0) is 14.1. The lowest BCUT2D eigenvalue weighted by atomic mass is 10.1. The topological polar surface area (TPSA) is 75.4 Å². The first-order valence-electron chi connectivity index (χ1n) is 6.13. The summed E-state index contributed by atoms with van der Waals surface area (Å²) in [5.74, 6) is 1.80. The van der Waals surface area contributed by atoms with E-state index >= 15 is 0 Å². The van der Waals surface area contributed by atoms with Crippen LogP contribution in [0.25, 0.3) is 0 Å². The highest BCUT2D eigenvalue weighted by Gasteiger charge is 2.13. The lowest BCUT2D eigenvalue weighted by Crippen LogP contribution is -2.42. The summed E-state index contributed by atoms with van der Waals surface area (Å²) in [7, 11) is 0. The monoisotopic (exact) mass is 280 g/mol. The SMILES string of the molecule is C=CCSCCNC(=O)C(N)Cc1ccc(O)cc1. The Labute approximate surface area is 118 Å². The van der Waals surface area contributed by atoms with Crippen molar-refractivity contribution in [2.45, 2.75) is 12.5 Å². The first-order chi connectivity index (χ1) is 9.13. The Morgan fingerprint density at radius 1 is 1.47 bits per heavy atom. The number of hydrogen-bond donors (Lipinski definition) is 3. The van der Waals surface area contributed by atoms with E-state index in [9.17, 15) is 4.79 Å². The Morgan fingerprint density at radius 2 is 2.16 bits per heavy atom. The molecule has 1 atom stereocenters. The van der Waals surface area contributed by atoms with E-state index in [2.05, 4.69) is 11.9 Å². The quantitative estimate of drug-likeness (QED) is 0.495. The molecule has 4 nitrogen and oxygen atoms in total. The molecule has 0 aliphatic heterocycles. The van der Waals surface area contributed by atoms with Gasteiger partial charge >= 0.3 is 0 Å². The molecular formula is C14H20N2O2S. The Hall–Kier alpha value is -1.46. The summed E-state index contributed by atoms with van der Waals surface area (Å²) in [6.45, 7) is 4.24. The highest BCUT2D eigenvalue weighted by atomic mass is 32.2. The lowest BCUT2D eigenvalue weighted by molar-refractivity contribution is -0.122. The van der Waals surface area contributed by atoms with Crippen LogP contribution in [0.5, 0.6) is 5.75 Å². The van der Waals surface area contributed by atoms with Gasteiger partial charge in [-0.25, -0.2) is 0 Å².